The van der Waals surface area contributed by atoms with Crippen LogP contribution in [0, 0.1) is 6.92 Å². The summed E-state index contributed by atoms with van der Waals surface area (Å²) in [7, 11) is 0. The van der Waals surface area contributed by atoms with Crippen LogP contribution in [0.3, 0.4) is 0 Å². The number of hydrogen-bond acceptors (Lipinski definition) is 5. The van der Waals surface area contributed by atoms with Gasteiger partial charge in [-0.15, -0.1) is 0 Å². The second-order valence-electron chi connectivity index (χ2n) is 6.12. The molecule has 0 saturated carbocycles. The predicted molar refractivity (Wildman–Crippen MR) is 93.1 cm³/mol. The molecule has 1 aliphatic rings. The molecule has 0 bridgehead atoms. The van der Waals surface area contributed by atoms with Gasteiger partial charge in [-0.3, -0.25) is 0 Å². The molecule has 2 heterocycles. The Kier molecular flexibility index (Phi) is 6.09. The Morgan fingerprint density at radius 2 is 2.12 bits per heavy atom. The van der Waals surface area contributed by atoms with Crippen LogP contribution < -0.4 is 5.32 Å². The molecule has 1 atom stereocenters. The van der Waals surface area contributed by atoms with E-state index in [0.29, 0.717) is 32.8 Å². The molecule has 1 saturated heterocycles. The number of ether oxygens (including phenoxy) is 2. The Balaban J connectivity index is 1.40. The van der Waals surface area contributed by atoms with Crippen LogP contribution in [0.25, 0.3) is 0 Å². The maximum Gasteiger partial charge on any atom is 0.410 e. The van der Waals surface area contributed by atoms with E-state index in [-0.39, 0.29) is 18.8 Å². The van der Waals surface area contributed by atoms with Gasteiger partial charge in [0.15, 0.2) is 0 Å². The maximum atomic E-state index is 12.2. The zero-order valence-electron chi connectivity index (χ0n) is 14.4. The summed E-state index contributed by atoms with van der Waals surface area (Å²) in [5.74, 6) is 1.80. The summed E-state index contributed by atoms with van der Waals surface area (Å²) in [6.07, 6.45) is -0.340. The lowest BCUT2D eigenvalue weighted by Crippen LogP contribution is -2.49. The number of carbonyl (C=O) groups excluding carboxylic acids is 1. The predicted octanol–water partition coefficient (Wildman–Crippen LogP) is 2.72. The Morgan fingerprint density at radius 3 is 2.88 bits per heavy atom. The first-order valence-electron chi connectivity index (χ1n) is 8.54. The van der Waals surface area contributed by atoms with Crippen molar-refractivity contribution in [3.8, 4) is 0 Å². The van der Waals surface area contributed by atoms with Crippen molar-refractivity contribution in [1.29, 1.82) is 0 Å². The first kappa shape index (κ1) is 17.5. The lowest BCUT2D eigenvalue weighted by atomic mass is 10.2. The van der Waals surface area contributed by atoms with Crippen LogP contribution in [-0.2, 0) is 22.6 Å². The molecule has 0 radical (unpaired) electrons. The molecule has 25 heavy (non-hydrogen) atoms. The van der Waals surface area contributed by atoms with Crippen LogP contribution in [-0.4, -0.2) is 43.3 Å². The molecule has 6 heteroatoms. The number of benzene rings is 1. The standard InChI is InChI=1S/C19H24N2O4/c1-15-7-8-17(25-15)11-20-12-18-13-21(9-10-23-18)19(22)24-14-16-5-3-2-4-6-16/h2-8,18,20H,9-14H2,1H3. The van der Waals surface area contributed by atoms with Gasteiger partial charge in [-0.25, -0.2) is 4.79 Å². The normalized spacial score (nSPS) is 17.5. The molecular formula is C19H24N2O4. The van der Waals surface area contributed by atoms with Crippen molar-refractivity contribution in [2.24, 2.45) is 0 Å². The number of morpholine rings is 1. The first-order chi connectivity index (χ1) is 12.2. The average Bonchev–Trinajstić information content (AvgIpc) is 3.06. The minimum absolute atomic E-state index is 0.0471. The van der Waals surface area contributed by atoms with E-state index in [9.17, 15) is 4.79 Å². The molecule has 0 spiro atoms. The summed E-state index contributed by atoms with van der Waals surface area (Å²) in [6.45, 7) is 5.12. The van der Waals surface area contributed by atoms with Gasteiger partial charge in [0, 0.05) is 13.1 Å². The van der Waals surface area contributed by atoms with Crippen LogP contribution in [0.4, 0.5) is 4.79 Å². The van der Waals surface area contributed by atoms with Crippen molar-refractivity contribution in [2.75, 3.05) is 26.2 Å². The fourth-order valence-corrected chi connectivity index (χ4v) is 2.76. The molecule has 134 valence electrons. The smallest absolute Gasteiger partial charge is 0.410 e. The topological polar surface area (TPSA) is 63.9 Å². The van der Waals surface area contributed by atoms with E-state index in [4.69, 9.17) is 13.9 Å². The summed E-state index contributed by atoms with van der Waals surface area (Å²) in [4.78, 5) is 13.9. The SMILES string of the molecule is Cc1ccc(CNCC2CN(C(=O)OCc3ccccc3)CCO2)o1. The lowest BCUT2D eigenvalue weighted by molar-refractivity contribution is -0.0272. The number of amides is 1. The lowest BCUT2D eigenvalue weighted by Gasteiger charge is -2.32. The molecule has 1 unspecified atom stereocenters. The Labute approximate surface area is 147 Å². The zero-order chi connectivity index (χ0) is 17.5. The van der Waals surface area contributed by atoms with E-state index in [1.54, 1.807) is 4.90 Å². The number of nitrogens with one attached hydrogen (secondary N) is 1. The highest BCUT2D eigenvalue weighted by atomic mass is 16.6. The summed E-state index contributed by atoms with van der Waals surface area (Å²) in [5, 5.41) is 3.30. The number of furan rings is 1. The van der Waals surface area contributed by atoms with Gasteiger partial charge in [0.05, 0.1) is 25.8 Å². The molecule has 3 rings (SSSR count). The highest BCUT2D eigenvalue weighted by Crippen LogP contribution is 2.10. The van der Waals surface area contributed by atoms with E-state index in [2.05, 4.69) is 5.32 Å². The van der Waals surface area contributed by atoms with Crippen LogP contribution >= 0.6 is 0 Å². The van der Waals surface area contributed by atoms with Gasteiger partial charge in [0.1, 0.15) is 18.1 Å². The Bertz CT molecular complexity index is 671. The third-order valence-electron chi connectivity index (χ3n) is 4.07. The van der Waals surface area contributed by atoms with Crippen molar-refractivity contribution in [2.45, 2.75) is 26.2 Å². The van der Waals surface area contributed by atoms with E-state index < -0.39 is 0 Å². The molecular weight excluding hydrogens is 320 g/mol. The molecule has 0 aliphatic carbocycles. The molecule has 1 aromatic carbocycles. The monoisotopic (exact) mass is 344 g/mol. The zero-order valence-corrected chi connectivity index (χ0v) is 14.4. The Hall–Kier alpha value is -2.31. The number of carbonyl (C=O) groups is 1. The number of nitrogens with zero attached hydrogens (tertiary/aromatic N) is 1. The van der Waals surface area contributed by atoms with Gasteiger partial charge in [-0.1, -0.05) is 30.3 Å². The molecule has 2 aromatic rings. The molecule has 1 amide bonds. The van der Waals surface area contributed by atoms with Crippen molar-refractivity contribution >= 4 is 6.09 Å². The van der Waals surface area contributed by atoms with E-state index in [1.807, 2.05) is 49.4 Å². The van der Waals surface area contributed by atoms with Gasteiger partial charge >= 0.3 is 6.09 Å². The second-order valence-corrected chi connectivity index (χ2v) is 6.12. The van der Waals surface area contributed by atoms with Gasteiger partial charge in [-0.05, 0) is 24.6 Å². The second kappa shape index (κ2) is 8.69. The quantitative estimate of drug-likeness (QED) is 0.873. The van der Waals surface area contributed by atoms with Crippen LogP contribution in [0.1, 0.15) is 17.1 Å². The summed E-state index contributed by atoms with van der Waals surface area (Å²) >= 11 is 0. The van der Waals surface area contributed by atoms with Crippen LogP contribution in [0.5, 0.6) is 0 Å². The molecule has 1 N–H and O–H groups in total. The number of rotatable bonds is 6. The van der Waals surface area contributed by atoms with Gasteiger partial charge in [-0.2, -0.15) is 0 Å². The number of aryl methyl sites for hydroxylation is 1. The third-order valence-corrected chi connectivity index (χ3v) is 4.07. The highest BCUT2D eigenvalue weighted by molar-refractivity contribution is 5.67. The van der Waals surface area contributed by atoms with E-state index in [0.717, 1.165) is 17.1 Å². The van der Waals surface area contributed by atoms with Crippen molar-refractivity contribution in [1.82, 2.24) is 10.2 Å². The summed E-state index contributed by atoms with van der Waals surface area (Å²) in [5.41, 5.74) is 0.982. The summed E-state index contributed by atoms with van der Waals surface area (Å²) in [6, 6.07) is 13.6. The number of hydrogen-bond donors (Lipinski definition) is 1. The molecule has 6 nitrogen and oxygen atoms in total. The highest BCUT2D eigenvalue weighted by Gasteiger charge is 2.25. The van der Waals surface area contributed by atoms with Gasteiger partial charge in [0.25, 0.3) is 0 Å². The van der Waals surface area contributed by atoms with E-state index >= 15 is 0 Å². The van der Waals surface area contributed by atoms with Gasteiger partial charge < -0.3 is 24.1 Å². The van der Waals surface area contributed by atoms with Gasteiger partial charge in [0.2, 0.25) is 0 Å². The van der Waals surface area contributed by atoms with Crippen molar-refractivity contribution in [3.63, 3.8) is 0 Å². The fraction of sp³-hybridized carbons (Fsp3) is 0.421. The Morgan fingerprint density at radius 1 is 1.28 bits per heavy atom. The fourth-order valence-electron chi connectivity index (χ4n) is 2.76. The average molecular weight is 344 g/mol. The van der Waals surface area contributed by atoms with Crippen molar-refractivity contribution < 1.29 is 18.7 Å². The first-order valence-corrected chi connectivity index (χ1v) is 8.54. The third kappa shape index (κ3) is 5.34. The molecule has 1 fully saturated rings. The largest absolute Gasteiger partial charge is 0.465 e. The van der Waals surface area contributed by atoms with E-state index in [1.165, 1.54) is 0 Å². The minimum Gasteiger partial charge on any atom is -0.465 e. The van der Waals surface area contributed by atoms with Crippen LogP contribution in [0.2, 0.25) is 0 Å². The van der Waals surface area contributed by atoms with Crippen molar-refractivity contribution in [3.05, 3.63) is 59.5 Å². The minimum atomic E-state index is -0.293. The molecule has 1 aliphatic heterocycles. The maximum absolute atomic E-state index is 12.2. The summed E-state index contributed by atoms with van der Waals surface area (Å²) < 4.78 is 16.6. The van der Waals surface area contributed by atoms with Crippen LogP contribution in [0.15, 0.2) is 46.9 Å². The molecule has 1 aromatic heterocycles.